The summed E-state index contributed by atoms with van der Waals surface area (Å²) in [5.41, 5.74) is 0. The van der Waals surface area contributed by atoms with Crippen LogP contribution >= 0.6 is 0 Å². The Morgan fingerprint density at radius 1 is 0.875 bits per heavy atom. The topological polar surface area (TPSA) is 144 Å². The van der Waals surface area contributed by atoms with Crippen LogP contribution in [0.2, 0.25) is 0 Å². The summed E-state index contributed by atoms with van der Waals surface area (Å²) < 4.78 is 52.2. The summed E-state index contributed by atoms with van der Waals surface area (Å²) in [4.78, 5) is 10.5. The molecule has 0 bridgehead atoms. The van der Waals surface area contributed by atoms with Crippen LogP contribution in [0.3, 0.4) is 0 Å². The molecule has 0 heterocycles. The van der Waals surface area contributed by atoms with Gasteiger partial charge in [0.2, 0.25) is 0 Å². The zero-order valence-electron chi connectivity index (χ0n) is 12.9. The number of ether oxygens (including phenoxy) is 3. The second-order valence-electron chi connectivity index (χ2n) is 2.35. The van der Waals surface area contributed by atoms with Gasteiger partial charge in [-0.3, -0.25) is 0 Å². The van der Waals surface area contributed by atoms with Gasteiger partial charge in [0.15, 0.2) is 0 Å². The fraction of sp³-hybridized carbons (Fsp3) is 0.357. The molecule has 0 atom stereocenters. The minimum absolute atomic E-state index is 0.239. The number of hydrogen-bond acceptors (Lipinski definition) is 4. The van der Waals surface area contributed by atoms with E-state index in [4.69, 9.17) is 28.0 Å². The molecule has 0 aromatic heterocycles. The van der Waals surface area contributed by atoms with Gasteiger partial charge in [0.05, 0.1) is 0 Å². The predicted octanol–water partition coefficient (Wildman–Crippen LogP) is 1.24. The summed E-state index contributed by atoms with van der Waals surface area (Å²) in [6.07, 6.45) is 4.69. The molecule has 0 radical (unpaired) electrons. The summed E-state index contributed by atoms with van der Waals surface area (Å²) in [6, 6.07) is 0. The number of allylic oxidation sites excluding steroid dienone is 1. The fourth-order valence-electron chi connectivity index (χ4n) is 0.664. The molecule has 0 fully saturated rings. The molecule has 0 aliphatic rings. The van der Waals surface area contributed by atoms with Crippen LogP contribution in [0, 0.1) is 33.3 Å². The van der Waals surface area contributed by atoms with Crippen molar-refractivity contribution in [3.63, 3.8) is 0 Å². The molecule has 0 amide bonds. The van der Waals surface area contributed by atoms with Gasteiger partial charge in [0.25, 0.3) is 0 Å². The molecule has 0 N–H and O–H groups in total. The van der Waals surface area contributed by atoms with Crippen LogP contribution in [0.4, 0.5) is 4.79 Å². The van der Waals surface area contributed by atoms with E-state index in [1.54, 1.807) is 13.2 Å². The van der Waals surface area contributed by atoms with Crippen molar-refractivity contribution in [1.82, 2.24) is 0 Å². The van der Waals surface area contributed by atoms with Gasteiger partial charge in [0, 0.05) is 0 Å². The Bertz CT molecular complexity index is 334. The number of hydrogen-bond donors (Lipinski definition) is 0. The molecule has 0 spiro atoms. The van der Waals surface area contributed by atoms with Crippen LogP contribution in [0.1, 0.15) is 12.8 Å². The monoisotopic (exact) mass is 378 g/mol. The van der Waals surface area contributed by atoms with Crippen LogP contribution in [0.5, 0.6) is 0 Å². The summed E-state index contributed by atoms with van der Waals surface area (Å²) >= 11 is 2.80. The average molecular weight is 378 g/mol. The molecule has 10 heteroatoms. The molecule has 0 aromatic carbocycles. The van der Waals surface area contributed by atoms with Crippen molar-refractivity contribution in [1.29, 1.82) is 0 Å². The van der Waals surface area contributed by atoms with E-state index in [0.717, 1.165) is 17.4 Å². The summed E-state index contributed by atoms with van der Waals surface area (Å²) in [7, 11) is 2.90. The zero-order valence-corrected chi connectivity index (χ0v) is 14.1. The Hall–Kier alpha value is -1.93. The van der Waals surface area contributed by atoms with Crippen molar-refractivity contribution in [3.8, 4) is 0 Å². The van der Waals surface area contributed by atoms with Crippen LogP contribution in [0.25, 0.3) is 0 Å². The first-order chi connectivity index (χ1) is 11.7. The van der Waals surface area contributed by atoms with Crippen molar-refractivity contribution in [2.45, 2.75) is 12.8 Å². The third-order valence-electron chi connectivity index (χ3n) is 1.37. The number of carbonyl (C=O) groups is 1. The van der Waals surface area contributed by atoms with Crippen LogP contribution < -0.4 is 0 Å². The first-order valence-corrected chi connectivity index (χ1v) is 5.79. The van der Waals surface area contributed by atoms with E-state index in [1.807, 2.05) is 6.08 Å². The van der Waals surface area contributed by atoms with E-state index in [9.17, 15) is 4.79 Å². The Kier molecular flexibility index (Phi) is 92.1. The van der Waals surface area contributed by atoms with Crippen LogP contribution in [-0.4, -0.2) is 31.5 Å². The SMILES string of the molecule is COC(=O)OC/C=C/CC[C](=[Cr])OC.[C-]#[O+].[C-]#[O+].[C-]#[O+].[C-]#[O+].[C-]#[O+]. The van der Waals surface area contributed by atoms with Gasteiger partial charge < -0.3 is 0 Å². The molecule has 0 aromatic rings. The van der Waals surface area contributed by atoms with Gasteiger partial charge in [-0.25, -0.2) is 0 Å². The Labute approximate surface area is 148 Å². The molecule has 0 saturated carbocycles. The minimum atomic E-state index is -0.664. The third kappa shape index (κ3) is 59.6. The standard InChI is InChI=1S/C9H14O4.5CO.Cr/c1-11-7-5-3-4-6-8-13-9(10)12-2;5*1-2;/h4,6H,3,5,8H2,1-2H3;;;;;;/b6-4+;;;;;;. The van der Waals surface area contributed by atoms with Gasteiger partial charge in [-0.05, 0) is 0 Å². The van der Waals surface area contributed by atoms with Crippen LogP contribution in [-0.2, 0) is 53.3 Å². The molecule has 9 nitrogen and oxygen atoms in total. The van der Waals surface area contributed by atoms with Crippen molar-refractivity contribution >= 4 is 10.7 Å². The van der Waals surface area contributed by atoms with E-state index >= 15 is 0 Å². The average Bonchev–Trinajstić information content (AvgIpc) is 2.71. The molecule has 130 valence electrons. The van der Waals surface area contributed by atoms with Crippen molar-refractivity contribution < 1.29 is 58.1 Å². The molecule has 0 aliphatic heterocycles. The van der Waals surface area contributed by atoms with E-state index in [1.165, 1.54) is 7.11 Å². The Balaban J connectivity index is -0.0000000687. The fourth-order valence-corrected chi connectivity index (χ4v) is 0.848. The van der Waals surface area contributed by atoms with Crippen molar-refractivity contribution in [2.24, 2.45) is 0 Å². The van der Waals surface area contributed by atoms with Gasteiger partial charge in [-0.1, -0.05) is 0 Å². The Morgan fingerprint density at radius 3 is 1.62 bits per heavy atom. The molecular weight excluding hydrogens is 364 g/mol. The number of carbonyl (C=O) groups excluding carboxylic acids is 1. The summed E-state index contributed by atoms with van der Waals surface area (Å²) in [5.74, 6) is 0. The predicted molar refractivity (Wildman–Crippen MR) is 68.4 cm³/mol. The van der Waals surface area contributed by atoms with E-state index in [-0.39, 0.29) is 6.61 Å². The van der Waals surface area contributed by atoms with Crippen molar-refractivity contribution in [2.75, 3.05) is 20.8 Å². The molecule has 0 rings (SSSR count). The maximum atomic E-state index is 10.5. The molecule has 0 saturated heterocycles. The molecule has 0 unspecified atom stereocenters. The second-order valence-corrected chi connectivity index (χ2v) is 3.06. The third-order valence-corrected chi connectivity index (χ3v) is 1.95. The van der Waals surface area contributed by atoms with Gasteiger partial charge in [0.1, 0.15) is 0 Å². The normalized spacial score (nSPS) is 6.33. The quantitative estimate of drug-likeness (QED) is 0.296. The maximum absolute atomic E-state index is 10.5. The zero-order chi connectivity index (χ0) is 20.8. The van der Waals surface area contributed by atoms with E-state index in [0.29, 0.717) is 0 Å². The summed E-state index contributed by atoms with van der Waals surface area (Å²) in [5, 5.41) is 0. The second kappa shape index (κ2) is 58.3. The van der Waals surface area contributed by atoms with Crippen LogP contribution in [0.15, 0.2) is 12.2 Å². The van der Waals surface area contributed by atoms with Gasteiger partial charge in [-0.15, -0.1) is 0 Å². The molecular formula is C14H14CrO9. The Morgan fingerprint density at radius 2 is 1.29 bits per heavy atom. The van der Waals surface area contributed by atoms with E-state index < -0.39 is 6.16 Å². The summed E-state index contributed by atoms with van der Waals surface area (Å²) in [6.45, 7) is 22.7. The number of methoxy groups -OCH3 is 2. The first kappa shape index (κ1) is 37.9. The van der Waals surface area contributed by atoms with Crippen molar-refractivity contribution in [3.05, 3.63) is 45.4 Å². The molecule has 24 heavy (non-hydrogen) atoms. The number of rotatable bonds is 6. The van der Waals surface area contributed by atoms with Gasteiger partial charge >= 0.3 is 148 Å². The molecule has 0 aliphatic carbocycles. The van der Waals surface area contributed by atoms with E-state index in [2.05, 4.69) is 58.6 Å². The van der Waals surface area contributed by atoms with Gasteiger partial charge in [-0.2, -0.15) is 0 Å². The first-order valence-electron chi connectivity index (χ1n) is 5.15.